The highest BCUT2D eigenvalue weighted by Gasteiger charge is 2.18. The Balaban J connectivity index is 1.66. The van der Waals surface area contributed by atoms with E-state index in [-0.39, 0.29) is 17.4 Å². The lowest BCUT2D eigenvalue weighted by Crippen LogP contribution is -2.28. The maximum Gasteiger partial charge on any atom is 0.220 e. The molecule has 31 heavy (non-hydrogen) atoms. The number of fused-ring (bicyclic) bond motifs is 1. The van der Waals surface area contributed by atoms with Gasteiger partial charge in [-0.1, -0.05) is 52.0 Å². The summed E-state index contributed by atoms with van der Waals surface area (Å²) in [6.45, 7) is 12.0. The summed E-state index contributed by atoms with van der Waals surface area (Å²) < 4.78 is 8.18. The van der Waals surface area contributed by atoms with Crippen molar-refractivity contribution in [2.24, 2.45) is 0 Å². The van der Waals surface area contributed by atoms with Crippen molar-refractivity contribution in [2.75, 3.05) is 6.61 Å². The molecule has 0 aliphatic heterocycles. The van der Waals surface area contributed by atoms with E-state index in [0.29, 0.717) is 13.0 Å². The van der Waals surface area contributed by atoms with E-state index in [2.05, 4.69) is 48.9 Å². The molecule has 1 amide bonds. The minimum absolute atomic E-state index is 0.0654. The van der Waals surface area contributed by atoms with E-state index < -0.39 is 0 Å². The number of ether oxygens (including phenoxy) is 1. The van der Waals surface area contributed by atoms with Crippen LogP contribution in [0.25, 0.3) is 11.0 Å². The van der Waals surface area contributed by atoms with Crippen molar-refractivity contribution in [3.8, 4) is 5.75 Å². The van der Waals surface area contributed by atoms with E-state index in [9.17, 15) is 4.79 Å². The van der Waals surface area contributed by atoms with Gasteiger partial charge in [0.25, 0.3) is 0 Å². The fraction of sp³-hybridized carbons (Fsp3) is 0.462. The van der Waals surface area contributed by atoms with Gasteiger partial charge in [0.15, 0.2) is 0 Å². The van der Waals surface area contributed by atoms with Gasteiger partial charge >= 0.3 is 0 Å². The van der Waals surface area contributed by atoms with Gasteiger partial charge in [0.2, 0.25) is 5.91 Å². The summed E-state index contributed by atoms with van der Waals surface area (Å²) in [4.78, 5) is 16.9. The van der Waals surface area contributed by atoms with Gasteiger partial charge in [-0.05, 0) is 55.0 Å². The summed E-state index contributed by atoms with van der Waals surface area (Å²) >= 11 is 0. The van der Waals surface area contributed by atoms with Crippen LogP contribution in [0.15, 0.2) is 48.5 Å². The lowest BCUT2D eigenvalue weighted by atomic mass is 9.87. The Kier molecular flexibility index (Phi) is 7.37. The summed E-state index contributed by atoms with van der Waals surface area (Å²) in [7, 11) is 0. The third-order valence-corrected chi connectivity index (χ3v) is 5.44. The zero-order chi connectivity index (χ0) is 22.4. The van der Waals surface area contributed by atoms with Crippen molar-refractivity contribution in [1.82, 2.24) is 14.9 Å². The van der Waals surface area contributed by atoms with Crippen molar-refractivity contribution in [1.29, 1.82) is 0 Å². The Morgan fingerprint density at radius 3 is 2.52 bits per heavy atom. The Morgan fingerprint density at radius 1 is 1.13 bits per heavy atom. The molecule has 1 unspecified atom stereocenters. The van der Waals surface area contributed by atoms with Crippen molar-refractivity contribution in [3.63, 3.8) is 0 Å². The maximum absolute atomic E-state index is 12.1. The van der Waals surface area contributed by atoms with Gasteiger partial charge in [-0.15, -0.1) is 0 Å². The molecule has 0 saturated heterocycles. The molecule has 0 aliphatic carbocycles. The third-order valence-electron chi connectivity index (χ3n) is 5.44. The SMILES string of the molecule is CCCC(=O)NC(C)c1nc2ccccc2n1CCCOc1ccc(C(C)(C)C)cc1. The first-order valence-electron chi connectivity index (χ1n) is 11.3. The molecule has 1 atom stereocenters. The first-order valence-corrected chi connectivity index (χ1v) is 11.3. The Hall–Kier alpha value is -2.82. The maximum atomic E-state index is 12.1. The van der Waals surface area contributed by atoms with Crippen LogP contribution >= 0.6 is 0 Å². The van der Waals surface area contributed by atoms with Crippen molar-refractivity contribution in [3.05, 3.63) is 59.9 Å². The van der Waals surface area contributed by atoms with Crippen LogP contribution in [0, 0.1) is 0 Å². The summed E-state index contributed by atoms with van der Waals surface area (Å²) in [5, 5.41) is 3.08. The molecule has 3 rings (SSSR count). The van der Waals surface area contributed by atoms with Gasteiger partial charge in [-0.25, -0.2) is 4.98 Å². The van der Waals surface area contributed by atoms with Crippen LogP contribution in [0.1, 0.15) is 71.3 Å². The second-order valence-electron chi connectivity index (χ2n) is 9.13. The minimum Gasteiger partial charge on any atom is -0.494 e. The van der Waals surface area contributed by atoms with Gasteiger partial charge in [0.05, 0.1) is 23.7 Å². The van der Waals surface area contributed by atoms with Gasteiger partial charge in [-0.3, -0.25) is 4.79 Å². The number of hydrogen-bond acceptors (Lipinski definition) is 3. The number of hydrogen-bond donors (Lipinski definition) is 1. The summed E-state index contributed by atoms with van der Waals surface area (Å²) in [5.41, 5.74) is 3.48. The number of imidazole rings is 1. The predicted molar refractivity (Wildman–Crippen MR) is 126 cm³/mol. The molecule has 0 aliphatic rings. The monoisotopic (exact) mass is 421 g/mol. The molecular formula is C26H35N3O2. The largest absolute Gasteiger partial charge is 0.494 e. The quantitative estimate of drug-likeness (QED) is 0.446. The second kappa shape index (κ2) is 9.99. The molecule has 1 aromatic heterocycles. The van der Waals surface area contributed by atoms with E-state index >= 15 is 0 Å². The van der Waals surface area contributed by atoms with E-state index in [1.165, 1.54) is 5.56 Å². The van der Waals surface area contributed by atoms with Crippen LogP contribution in [0.4, 0.5) is 0 Å². The van der Waals surface area contributed by atoms with Gasteiger partial charge in [0.1, 0.15) is 11.6 Å². The number of carbonyl (C=O) groups is 1. The third kappa shape index (κ3) is 5.87. The number of carbonyl (C=O) groups excluding carboxylic acids is 1. The van der Waals surface area contributed by atoms with Gasteiger partial charge < -0.3 is 14.6 Å². The summed E-state index contributed by atoms with van der Waals surface area (Å²) in [6.07, 6.45) is 2.22. The average Bonchev–Trinajstić information content (AvgIpc) is 3.10. The Morgan fingerprint density at radius 2 is 1.84 bits per heavy atom. The molecule has 5 heteroatoms. The standard InChI is InChI=1S/C26H35N3O2/c1-6-10-24(30)27-19(2)25-28-22-11-7-8-12-23(22)29(25)17-9-18-31-21-15-13-20(14-16-21)26(3,4)5/h7-8,11-16,19H,6,9-10,17-18H2,1-5H3,(H,27,30). The van der Waals surface area contributed by atoms with E-state index in [4.69, 9.17) is 9.72 Å². The van der Waals surface area contributed by atoms with E-state index in [0.717, 1.165) is 42.0 Å². The molecule has 0 fully saturated rings. The molecule has 0 radical (unpaired) electrons. The first-order chi connectivity index (χ1) is 14.8. The molecule has 3 aromatic rings. The molecule has 5 nitrogen and oxygen atoms in total. The first kappa shape index (κ1) is 22.9. The van der Waals surface area contributed by atoms with Crippen LogP contribution in [0.3, 0.4) is 0 Å². The number of benzene rings is 2. The van der Waals surface area contributed by atoms with Crippen molar-refractivity contribution >= 4 is 16.9 Å². The van der Waals surface area contributed by atoms with Crippen LogP contribution in [0.2, 0.25) is 0 Å². The average molecular weight is 422 g/mol. The highest BCUT2D eigenvalue weighted by atomic mass is 16.5. The van der Waals surface area contributed by atoms with Crippen LogP contribution in [-0.2, 0) is 16.8 Å². The van der Waals surface area contributed by atoms with Crippen molar-refractivity contribution in [2.45, 2.75) is 71.9 Å². The molecule has 0 saturated carbocycles. The summed E-state index contributed by atoms with van der Waals surface area (Å²) in [5.74, 6) is 1.85. The molecular weight excluding hydrogens is 386 g/mol. The van der Waals surface area contributed by atoms with Gasteiger partial charge in [-0.2, -0.15) is 0 Å². The smallest absolute Gasteiger partial charge is 0.220 e. The number of nitrogens with one attached hydrogen (secondary N) is 1. The zero-order valence-corrected chi connectivity index (χ0v) is 19.4. The predicted octanol–water partition coefficient (Wildman–Crippen LogP) is 5.78. The Bertz CT molecular complexity index is 1000. The molecule has 1 heterocycles. The van der Waals surface area contributed by atoms with E-state index in [1.807, 2.05) is 44.2 Å². The highest BCUT2D eigenvalue weighted by Crippen LogP contribution is 2.25. The van der Waals surface area contributed by atoms with Crippen LogP contribution in [0.5, 0.6) is 5.75 Å². The minimum atomic E-state index is -0.141. The number of aryl methyl sites for hydroxylation is 1. The number of aromatic nitrogens is 2. The van der Waals surface area contributed by atoms with E-state index in [1.54, 1.807) is 0 Å². The molecule has 0 bridgehead atoms. The Labute approximate surface area is 185 Å². The molecule has 0 spiro atoms. The normalized spacial score (nSPS) is 12.7. The van der Waals surface area contributed by atoms with Crippen LogP contribution in [-0.4, -0.2) is 22.1 Å². The van der Waals surface area contributed by atoms with Gasteiger partial charge in [0, 0.05) is 13.0 Å². The topological polar surface area (TPSA) is 56.2 Å². The molecule has 2 aromatic carbocycles. The summed E-state index contributed by atoms with van der Waals surface area (Å²) in [6, 6.07) is 16.3. The second-order valence-corrected chi connectivity index (χ2v) is 9.13. The molecule has 166 valence electrons. The number of nitrogens with zero attached hydrogens (tertiary/aromatic N) is 2. The van der Waals surface area contributed by atoms with Crippen molar-refractivity contribution < 1.29 is 9.53 Å². The number of rotatable bonds is 9. The highest BCUT2D eigenvalue weighted by molar-refractivity contribution is 5.78. The fourth-order valence-corrected chi connectivity index (χ4v) is 3.73. The van der Waals surface area contributed by atoms with Crippen LogP contribution < -0.4 is 10.1 Å². The lowest BCUT2D eigenvalue weighted by molar-refractivity contribution is -0.121. The number of para-hydroxylation sites is 2. The fourth-order valence-electron chi connectivity index (χ4n) is 3.73. The number of amides is 1. The zero-order valence-electron chi connectivity index (χ0n) is 19.4. The lowest BCUT2D eigenvalue weighted by Gasteiger charge is -2.19. The molecule has 1 N–H and O–H groups in total.